The van der Waals surface area contributed by atoms with Crippen LogP contribution in [0.5, 0.6) is 0 Å². The van der Waals surface area contributed by atoms with Crippen LogP contribution in [0.15, 0.2) is 18.2 Å². The topological polar surface area (TPSA) is 83.7 Å². The molecule has 0 saturated carbocycles. The normalized spacial score (nSPS) is 17.1. The highest BCUT2D eigenvalue weighted by atomic mass is 32.2. The van der Waals surface area contributed by atoms with Crippen molar-refractivity contribution in [2.45, 2.75) is 0 Å². The first-order valence-corrected chi connectivity index (χ1v) is 6.08. The predicted octanol–water partition coefficient (Wildman–Crippen LogP) is -0.188. The second kappa shape index (κ2) is 3.59. The third-order valence-electron chi connectivity index (χ3n) is 2.47. The van der Waals surface area contributed by atoms with Gasteiger partial charge in [0.25, 0.3) is 0 Å². The molecule has 2 rings (SSSR count). The summed E-state index contributed by atoms with van der Waals surface area (Å²) < 4.78 is 38.7. The smallest absolute Gasteiger partial charge is 0.326 e. The molecule has 0 aromatic heterocycles. The molecule has 1 aromatic rings. The number of rotatable bonds is 2. The van der Waals surface area contributed by atoms with Gasteiger partial charge in [-0.25, -0.2) is 8.70 Å². The first kappa shape index (κ1) is 11.6. The molecule has 0 fully saturated rings. The Morgan fingerprint density at radius 1 is 1.41 bits per heavy atom. The minimum Gasteiger partial charge on any atom is -0.368 e. The third-order valence-corrected chi connectivity index (χ3v) is 4.24. The molecule has 0 spiro atoms. The van der Waals surface area contributed by atoms with E-state index in [2.05, 4.69) is 0 Å². The first-order chi connectivity index (χ1) is 7.84. The van der Waals surface area contributed by atoms with Gasteiger partial charge in [-0.2, -0.15) is 8.42 Å². The van der Waals surface area contributed by atoms with Gasteiger partial charge in [0.05, 0.1) is 11.4 Å². The van der Waals surface area contributed by atoms with Crippen molar-refractivity contribution in [2.75, 3.05) is 22.2 Å². The van der Waals surface area contributed by atoms with Gasteiger partial charge in [0.1, 0.15) is 12.4 Å². The zero-order valence-electron chi connectivity index (χ0n) is 8.92. The highest BCUT2D eigenvalue weighted by molar-refractivity contribution is 7.94. The van der Waals surface area contributed by atoms with Gasteiger partial charge in [0.2, 0.25) is 5.91 Å². The number of carbonyl (C=O) groups is 1. The molecule has 92 valence electrons. The fourth-order valence-electron chi connectivity index (χ4n) is 1.67. The van der Waals surface area contributed by atoms with Crippen LogP contribution in [0.4, 0.5) is 15.8 Å². The summed E-state index contributed by atoms with van der Waals surface area (Å²) in [5, 5.41) is 0. The SMILES string of the molecule is CN1c2ccc(F)cc2N(CC(N)=O)S1(=O)=O. The lowest BCUT2D eigenvalue weighted by Gasteiger charge is -2.17. The van der Waals surface area contributed by atoms with Crippen molar-refractivity contribution >= 4 is 27.5 Å². The average molecular weight is 259 g/mol. The molecule has 1 aromatic carbocycles. The van der Waals surface area contributed by atoms with Crippen molar-refractivity contribution in [3.05, 3.63) is 24.0 Å². The highest BCUT2D eigenvalue weighted by Crippen LogP contribution is 2.39. The molecule has 0 unspecified atom stereocenters. The fraction of sp³-hybridized carbons (Fsp3) is 0.222. The summed E-state index contributed by atoms with van der Waals surface area (Å²) in [6.45, 7) is -0.511. The zero-order chi connectivity index (χ0) is 12.8. The van der Waals surface area contributed by atoms with Crippen LogP contribution in [0.3, 0.4) is 0 Å². The molecule has 0 saturated heterocycles. The van der Waals surface area contributed by atoms with E-state index < -0.39 is 28.5 Å². The number of nitrogens with two attached hydrogens (primary N) is 1. The van der Waals surface area contributed by atoms with Gasteiger partial charge >= 0.3 is 10.2 Å². The number of hydrogen-bond donors (Lipinski definition) is 1. The van der Waals surface area contributed by atoms with Crippen LogP contribution in [-0.4, -0.2) is 27.9 Å². The van der Waals surface area contributed by atoms with E-state index in [9.17, 15) is 17.6 Å². The van der Waals surface area contributed by atoms with Crippen LogP contribution in [0.2, 0.25) is 0 Å². The molecule has 17 heavy (non-hydrogen) atoms. The summed E-state index contributed by atoms with van der Waals surface area (Å²) in [6, 6.07) is 3.54. The Bertz CT molecular complexity index is 587. The maximum atomic E-state index is 13.1. The summed E-state index contributed by atoms with van der Waals surface area (Å²) in [4.78, 5) is 10.8. The Kier molecular flexibility index (Phi) is 2.46. The van der Waals surface area contributed by atoms with Crippen molar-refractivity contribution in [3.63, 3.8) is 0 Å². The second-order valence-corrected chi connectivity index (χ2v) is 5.47. The number of benzene rings is 1. The molecule has 8 heteroatoms. The predicted molar refractivity (Wildman–Crippen MR) is 60.3 cm³/mol. The Morgan fingerprint density at radius 2 is 2.06 bits per heavy atom. The van der Waals surface area contributed by atoms with Crippen LogP contribution >= 0.6 is 0 Å². The lowest BCUT2D eigenvalue weighted by Crippen LogP contribution is -2.40. The Hall–Kier alpha value is -1.83. The Balaban J connectivity index is 2.60. The molecule has 0 radical (unpaired) electrons. The fourth-order valence-corrected chi connectivity index (χ4v) is 3.05. The number of nitrogens with zero attached hydrogens (tertiary/aromatic N) is 2. The molecule has 1 aliphatic heterocycles. The Morgan fingerprint density at radius 3 is 2.65 bits per heavy atom. The van der Waals surface area contributed by atoms with Gasteiger partial charge in [0, 0.05) is 13.1 Å². The molecule has 2 N–H and O–H groups in total. The maximum Gasteiger partial charge on any atom is 0.326 e. The third kappa shape index (κ3) is 1.70. The molecule has 0 bridgehead atoms. The summed E-state index contributed by atoms with van der Waals surface area (Å²) >= 11 is 0. The number of carbonyl (C=O) groups excluding carboxylic acids is 1. The van der Waals surface area contributed by atoms with Gasteiger partial charge in [-0.3, -0.25) is 9.10 Å². The van der Waals surface area contributed by atoms with E-state index in [1.54, 1.807) is 0 Å². The van der Waals surface area contributed by atoms with Crippen molar-refractivity contribution in [1.82, 2.24) is 0 Å². The average Bonchev–Trinajstić information content (AvgIpc) is 2.40. The molecule has 0 aliphatic carbocycles. The maximum absolute atomic E-state index is 13.1. The van der Waals surface area contributed by atoms with E-state index in [1.165, 1.54) is 13.1 Å². The molecule has 6 nitrogen and oxygen atoms in total. The number of primary amides is 1. The summed E-state index contributed by atoms with van der Waals surface area (Å²) in [7, 11) is -2.51. The van der Waals surface area contributed by atoms with Crippen molar-refractivity contribution < 1.29 is 17.6 Å². The van der Waals surface area contributed by atoms with Gasteiger partial charge in [0.15, 0.2) is 0 Å². The van der Waals surface area contributed by atoms with E-state index in [0.717, 1.165) is 20.7 Å². The second-order valence-electron chi connectivity index (χ2n) is 3.58. The number of halogens is 1. The number of amides is 1. The van der Waals surface area contributed by atoms with Crippen LogP contribution in [-0.2, 0) is 15.0 Å². The van der Waals surface area contributed by atoms with E-state index in [1.807, 2.05) is 0 Å². The van der Waals surface area contributed by atoms with Gasteiger partial charge in [-0.05, 0) is 12.1 Å². The molecular formula is C9H10FN3O3S. The molecule has 0 atom stereocenters. The van der Waals surface area contributed by atoms with Crippen LogP contribution in [0, 0.1) is 5.82 Å². The Labute approximate surface area is 97.6 Å². The van der Waals surface area contributed by atoms with Crippen molar-refractivity contribution in [1.29, 1.82) is 0 Å². The van der Waals surface area contributed by atoms with Crippen LogP contribution in [0.25, 0.3) is 0 Å². The number of hydrogen-bond acceptors (Lipinski definition) is 3. The minimum absolute atomic E-state index is 0.117. The molecule has 1 aliphatic rings. The van der Waals surface area contributed by atoms with E-state index in [0.29, 0.717) is 5.69 Å². The van der Waals surface area contributed by atoms with Crippen LogP contribution < -0.4 is 14.3 Å². The standard InChI is InChI=1S/C9H10FN3O3S/c1-12-7-3-2-6(10)4-8(7)13(5-9(11)14)17(12,15)16/h2-4H,5H2,1H3,(H2,11,14). The van der Waals surface area contributed by atoms with Crippen LogP contribution in [0.1, 0.15) is 0 Å². The first-order valence-electron chi connectivity index (χ1n) is 4.68. The van der Waals surface area contributed by atoms with Crippen molar-refractivity contribution in [3.8, 4) is 0 Å². The van der Waals surface area contributed by atoms with Gasteiger partial charge in [-0.1, -0.05) is 0 Å². The molecular weight excluding hydrogens is 249 g/mol. The molecule has 1 amide bonds. The zero-order valence-corrected chi connectivity index (χ0v) is 9.74. The van der Waals surface area contributed by atoms with E-state index in [4.69, 9.17) is 5.73 Å². The summed E-state index contributed by atoms with van der Waals surface area (Å²) in [5.41, 5.74) is 5.41. The summed E-state index contributed by atoms with van der Waals surface area (Å²) in [6.07, 6.45) is 0. The number of fused-ring (bicyclic) bond motifs is 1. The molecule has 1 heterocycles. The number of anilines is 2. The monoisotopic (exact) mass is 259 g/mol. The quantitative estimate of drug-likeness (QED) is 0.799. The van der Waals surface area contributed by atoms with E-state index >= 15 is 0 Å². The highest BCUT2D eigenvalue weighted by Gasteiger charge is 2.38. The van der Waals surface area contributed by atoms with Crippen molar-refractivity contribution in [2.24, 2.45) is 5.73 Å². The largest absolute Gasteiger partial charge is 0.368 e. The van der Waals surface area contributed by atoms with E-state index in [-0.39, 0.29) is 5.69 Å². The summed E-state index contributed by atoms with van der Waals surface area (Å²) in [5.74, 6) is -1.39. The lowest BCUT2D eigenvalue weighted by molar-refractivity contribution is -0.116. The van der Waals surface area contributed by atoms with Gasteiger partial charge < -0.3 is 5.73 Å². The van der Waals surface area contributed by atoms with Gasteiger partial charge in [-0.15, -0.1) is 0 Å². The minimum atomic E-state index is -3.84. The lowest BCUT2D eigenvalue weighted by atomic mass is 10.2.